The summed E-state index contributed by atoms with van der Waals surface area (Å²) in [7, 11) is 0. The molecule has 248 valence electrons. The van der Waals surface area contributed by atoms with Gasteiger partial charge in [0.15, 0.2) is 0 Å². The first-order valence-corrected chi connectivity index (χ1v) is 15.2. The molecule has 2 aromatic carbocycles. The molecular formula is C37H52O8. The van der Waals surface area contributed by atoms with Crippen LogP contribution in [0.1, 0.15) is 91.5 Å². The third-order valence-corrected chi connectivity index (χ3v) is 7.39. The van der Waals surface area contributed by atoms with Crippen molar-refractivity contribution in [2.75, 3.05) is 26.4 Å². The highest BCUT2D eigenvalue weighted by atomic mass is 16.6. The molecule has 0 aliphatic carbocycles. The number of hydrogen-bond donors (Lipinski definition) is 2. The number of aliphatic hydroxyl groups is 2. The molecule has 45 heavy (non-hydrogen) atoms. The van der Waals surface area contributed by atoms with Crippen molar-refractivity contribution in [3.63, 3.8) is 0 Å². The van der Waals surface area contributed by atoms with Crippen LogP contribution in [0.25, 0.3) is 0 Å². The lowest BCUT2D eigenvalue weighted by Gasteiger charge is -2.32. The van der Waals surface area contributed by atoms with Crippen LogP contribution in [0.15, 0.2) is 60.7 Å². The molecule has 0 aliphatic rings. The second kappa shape index (κ2) is 15.1. The van der Waals surface area contributed by atoms with Gasteiger partial charge < -0.3 is 29.2 Å². The van der Waals surface area contributed by atoms with Crippen LogP contribution >= 0.6 is 0 Å². The number of carbonyl (C=O) groups excluding carboxylic acids is 2. The Labute approximate surface area is 269 Å². The summed E-state index contributed by atoms with van der Waals surface area (Å²) in [5.41, 5.74) is 3.76. The molecule has 0 amide bonds. The molecule has 8 nitrogen and oxygen atoms in total. The first-order chi connectivity index (χ1) is 20.6. The molecular weight excluding hydrogens is 572 g/mol. The van der Waals surface area contributed by atoms with Gasteiger partial charge in [0.1, 0.15) is 50.1 Å². The SMILES string of the molecule is C=C(C)C(=O)OCC(O)COc1ccc(C(C)(C)c2ccc(OCC(O)COC(=O)C(=C)C)c(C(C)(C)C)c2)cc1C(C)(C)C. The lowest BCUT2D eigenvalue weighted by Crippen LogP contribution is -2.27. The van der Waals surface area contributed by atoms with E-state index >= 15 is 0 Å². The zero-order chi connectivity index (χ0) is 34.3. The van der Waals surface area contributed by atoms with Gasteiger partial charge in [-0.2, -0.15) is 0 Å². The Morgan fingerprint density at radius 3 is 1.27 bits per heavy atom. The highest BCUT2D eigenvalue weighted by Gasteiger charge is 2.30. The summed E-state index contributed by atoms with van der Waals surface area (Å²) in [5.74, 6) is 0.201. The van der Waals surface area contributed by atoms with Crippen LogP contribution in [0.4, 0.5) is 0 Å². The van der Waals surface area contributed by atoms with Crippen LogP contribution in [0.2, 0.25) is 0 Å². The Balaban J connectivity index is 2.32. The summed E-state index contributed by atoms with van der Waals surface area (Å²) in [6.07, 6.45) is -1.97. The summed E-state index contributed by atoms with van der Waals surface area (Å²) in [6.45, 7) is 26.7. The fourth-order valence-corrected chi connectivity index (χ4v) is 4.49. The van der Waals surface area contributed by atoms with E-state index in [2.05, 4.69) is 80.7 Å². The molecule has 2 aromatic rings. The number of aliphatic hydroxyl groups excluding tert-OH is 2. The predicted molar refractivity (Wildman–Crippen MR) is 177 cm³/mol. The lowest BCUT2D eigenvalue weighted by atomic mass is 9.73. The van der Waals surface area contributed by atoms with E-state index in [1.807, 2.05) is 24.3 Å². The summed E-state index contributed by atoms with van der Waals surface area (Å²) in [6, 6.07) is 12.2. The van der Waals surface area contributed by atoms with Crippen molar-refractivity contribution < 1.29 is 38.7 Å². The van der Waals surface area contributed by atoms with Gasteiger partial charge in [-0.15, -0.1) is 0 Å². The Hall–Kier alpha value is -3.62. The summed E-state index contributed by atoms with van der Waals surface area (Å²) in [4.78, 5) is 23.3. The average molecular weight is 625 g/mol. The van der Waals surface area contributed by atoms with Crippen molar-refractivity contribution in [2.24, 2.45) is 0 Å². The van der Waals surface area contributed by atoms with E-state index < -0.39 is 29.6 Å². The maximum Gasteiger partial charge on any atom is 0.333 e. The van der Waals surface area contributed by atoms with E-state index in [4.69, 9.17) is 18.9 Å². The second-order valence-electron chi connectivity index (χ2n) is 14.2. The van der Waals surface area contributed by atoms with Gasteiger partial charge in [0, 0.05) is 16.6 Å². The fourth-order valence-electron chi connectivity index (χ4n) is 4.49. The van der Waals surface area contributed by atoms with Gasteiger partial charge >= 0.3 is 11.9 Å². The van der Waals surface area contributed by atoms with Gasteiger partial charge in [-0.05, 0) is 59.1 Å². The smallest absolute Gasteiger partial charge is 0.333 e. The molecule has 0 radical (unpaired) electrons. The van der Waals surface area contributed by atoms with Crippen LogP contribution in [0.3, 0.4) is 0 Å². The number of esters is 2. The second-order valence-corrected chi connectivity index (χ2v) is 14.2. The Kier molecular flexibility index (Phi) is 12.6. The van der Waals surface area contributed by atoms with Gasteiger partial charge in [-0.25, -0.2) is 9.59 Å². The molecule has 0 bridgehead atoms. The van der Waals surface area contributed by atoms with Crippen molar-refractivity contribution in [1.82, 2.24) is 0 Å². The summed E-state index contributed by atoms with van der Waals surface area (Å²) in [5, 5.41) is 20.7. The molecule has 2 unspecified atom stereocenters. The number of hydrogen-bond acceptors (Lipinski definition) is 8. The van der Waals surface area contributed by atoms with E-state index in [1.54, 1.807) is 13.8 Å². The van der Waals surface area contributed by atoms with E-state index in [-0.39, 0.29) is 48.4 Å². The summed E-state index contributed by atoms with van der Waals surface area (Å²) < 4.78 is 22.2. The topological polar surface area (TPSA) is 112 Å². The van der Waals surface area contributed by atoms with Crippen LogP contribution in [0.5, 0.6) is 11.5 Å². The predicted octanol–water partition coefficient (Wildman–Crippen LogP) is 6.33. The molecule has 0 fully saturated rings. The number of carbonyl (C=O) groups is 2. The Morgan fingerprint density at radius 1 is 0.644 bits per heavy atom. The van der Waals surface area contributed by atoms with E-state index in [0.717, 1.165) is 22.3 Å². The van der Waals surface area contributed by atoms with Crippen molar-refractivity contribution in [1.29, 1.82) is 0 Å². The van der Waals surface area contributed by atoms with Crippen molar-refractivity contribution in [2.45, 2.75) is 97.7 Å². The standard InChI is InChI=1S/C37H52O8/c1-23(2)33(40)44-21-27(38)19-42-31-15-13-25(17-29(31)35(5,6)7)37(11,12)26-14-16-32(30(18-26)36(8,9)10)43-20-28(39)22-45-34(41)24(3)4/h13-18,27-28,38-39H,1,3,19-22H2,2,4-12H3. The molecule has 0 spiro atoms. The zero-order valence-electron chi connectivity index (χ0n) is 28.7. The normalized spacial score (nSPS) is 13.4. The van der Waals surface area contributed by atoms with Crippen molar-refractivity contribution >= 4 is 11.9 Å². The molecule has 2 N–H and O–H groups in total. The molecule has 0 saturated heterocycles. The molecule has 2 rings (SSSR count). The first kappa shape index (κ1) is 37.6. The molecule has 0 aromatic heterocycles. The first-order valence-electron chi connectivity index (χ1n) is 15.2. The fraction of sp³-hybridized carbons (Fsp3) is 0.514. The monoisotopic (exact) mass is 624 g/mol. The van der Waals surface area contributed by atoms with Gasteiger partial charge in [0.05, 0.1) is 0 Å². The molecule has 0 aliphatic heterocycles. The third-order valence-electron chi connectivity index (χ3n) is 7.39. The van der Waals surface area contributed by atoms with Crippen LogP contribution in [-0.4, -0.2) is 60.8 Å². The van der Waals surface area contributed by atoms with Crippen LogP contribution in [0, 0.1) is 0 Å². The highest BCUT2D eigenvalue weighted by Crippen LogP contribution is 2.41. The molecule has 0 heterocycles. The Morgan fingerprint density at radius 2 is 0.978 bits per heavy atom. The molecule has 2 atom stereocenters. The number of benzene rings is 2. The van der Waals surface area contributed by atoms with Gasteiger partial charge in [0.2, 0.25) is 0 Å². The zero-order valence-corrected chi connectivity index (χ0v) is 28.7. The summed E-state index contributed by atoms with van der Waals surface area (Å²) >= 11 is 0. The van der Waals surface area contributed by atoms with Crippen LogP contribution < -0.4 is 9.47 Å². The van der Waals surface area contributed by atoms with Crippen molar-refractivity contribution in [3.05, 3.63) is 83.0 Å². The average Bonchev–Trinajstić information content (AvgIpc) is 2.94. The van der Waals surface area contributed by atoms with Gasteiger partial charge in [-0.1, -0.05) is 92.8 Å². The van der Waals surface area contributed by atoms with E-state index in [0.29, 0.717) is 11.5 Å². The molecule has 0 saturated carbocycles. The van der Waals surface area contributed by atoms with Gasteiger partial charge in [0.25, 0.3) is 0 Å². The minimum absolute atomic E-state index is 0.0310. The molecule has 8 heteroatoms. The van der Waals surface area contributed by atoms with Crippen molar-refractivity contribution in [3.8, 4) is 11.5 Å². The maximum atomic E-state index is 11.7. The minimum atomic E-state index is -0.985. The highest BCUT2D eigenvalue weighted by molar-refractivity contribution is 5.87. The van der Waals surface area contributed by atoms with E-state index in [9.17, 15) is 19.8 Å². The van der Waals surface area contributed by atoms with Crippen LogP contribution in [-0.2, 0) is 35.3 Å². The Bertz CT molecular complexity index is 1270. The minimum Gasteiger partial charge on any atom is -0.490 e. The number of ether oxygens (including phenoxy) is 4. The van der Waals surface area contributed by atoms with Gasteiger partial charge in [-0.3, -0.25) is 0 Å². The third kappa shape index (κ3) is 10.8. The largest absolute Gasteiger partial charge is 0.490 e. The number of rotatable bonds is 14. The maximum absolute atomic E-state index is 11.7. The quantitative estimate of drug-likeness (QED) is 0.185. The lowest BCUT2D eigenvalue weighted by molar-refractivity contribution is -0.143. The van der Waals surface area contributed by atoms with E-state index in [1.165, 1.54) is 0 Å².